The van der Waals surface area contributed by atoms with E-state index in [1.807, 2.05) is 30.3 Å². The van der Waals surface area contributed by atoms with Crippen LogP contribution >= 0.6 is 22.6 Å². The van der Waals surface area contributed by atoms with Gasteiger partial charge in [0.05, 0.1) is 12.1 Å². The van der Waals surface area contributed by atoms with Crippen LogP contribution in [0.1, 0.15) is 44.9 Å². The van der Waals surface area contributed by atoms with Crippen molar-refractivity contribution in [3.8, 4) is 5.75 Å². The molecule has 7 heteroatoms. The van der Waals surface area contributed by atoms with Gasteiger partial charge in [-0.15, -0.1) is 0 Å². The van der Waals surface area contributed by atoms with E-state index in [9.17, 15) is 14.4 Å². The van der Waals surface area contributed by atoms with Gasteiger partial charge in [0.2, 0.25) is 5.91 Å². The highest BCUT2D eigenvalue weighted by atomic mass is 127. The summed E-state index contributed by atoms with van der Waals surface area (Å²) in [7, 11) is 0. The van der Waals surface area contributed by atoms with E-state index in [0.29, 0.717) is 11.4 Å². The second-order valence-corrected chi connectivity index (χ2v) is 9.56. The molecule has 2 aliphatic rings. The summed E-state index contributed by atoms with van der Waals surface area (Å²) in [5.74, 6) is -0.225. The maximum Gasteiger partial charge on any atom is 0.261 e. The Hall–Kier alpha value is -2.42. The molecule has 2 fully saturated rings. The van der Waals surface area contributed by atoms with E-state index >= 15 is 0 Å². The van der Waals surface area contributed by atoms with E-state index in [-0.39, 0.29) is 36.8 Å². The first-order valence-electron chi connectivity index (χ1n) is 11.2. The summed E-state index contributed by atoms with van der Waals surface area (Å²) in [4.78, 5) is 42.6. The summed E-state index contributed by atoms with van der Waals surface area (Å²) in [5.41, 5.74) is 0.553. The third kappa shape index (κ3) is 5.14. The van der Waals surface area contributed by atoms with E-state index in [4.69, 9.17) is 4.74 Å². The van der Waals surface area contributed by atoms with Crippen LogP contribution in [0, 0.1) is 3.57 Å². The fourth-order valence-electron chi connectivity index (χ4n) is 4.60. The number of rotatable bonds is 6. The lowest BCUT2D eigenvalue weighted by Crippen LogP contribution is -2.52. The Morgan fingerprint density at radius 1 is 0.969 bits per heavy atom. The Kier molecular flexibility index (Phi) is 7.44. The number of para-hydroxylation sites is 1. The zero-order chi connectivity index (χ0) is 22.5. The molecular weight excluding hydrogens is 519 g/mol. The molecule has 6 nitrogen and oxygen atoms in total. The Balaban J connectivity index is 1.57. The zero-order valence-corrected chi connectivity index (χ0v) is 20.1. The van der Waals surface area contributed by atoms with Crippen LogP contribution in [0.4, 0.5) is 5.69 Å². The number of imide groups is 1. The number of nitrogens with zero attached hydrogens (tertiary/aromatic N) is 2. The van der Waals surface area contributed by atoms with E-state index in [0.717, 1.165) is 42.1 Å². The molecule has 4 rings (SSSR count). The highest BCUT2D eigenvalue weighted by molar-refractivity contribution is 14.1. The summed E-state index contributed by atoms with van der Waals surface area (Å²) < 4.78 is 6.74. The molecule has 1 unspecified atom stereocenters. The highest BCUT2D eigenvalue weighted by Crippen LogP contribution is 2.31. The van der Waals surface area contributed by atoms with Crippen molar-refractivity contribution in [1.82, 2.24) is 4.90 Å². The van der Waals surface area contributed by atoms with Crippen molar-refractivity contribution in [2.45, 2.75) is 57.0 Å². The predicted octanol–water partition coefficient (Wildman–Crippen LogP) is 4.55. The number of carbonyl (C=O) groups excluding carboxylic acids is 3. The number of halogens is 1. The second kappa shape index (κ2) is 10.5. The number of amides is 3. The molecule has 3 amide bonds. The SMILES string of the molecule is O=C1CC(N(C(=O)COc2ccccc2)C2CCCCCC2)C(=O)N1c1ccc(I)cc1. The summed E-state index contributed by atoms with van der Waals surface area (Å²) >= 11 is 2.19. The van der Waals surface area contributed by atoms with Gasteiger partial charge in [-0.1, -0.05) is 43.9 Å². The van der Waals surface area contributed by atoms with Crippen LogP contribution in [-0.4, -0.2) is 41.3 Å². The van der Waals surface area contributed by atoms with Gasteiger partial charge in [0.25, 0.3) is 11.8 Å². The summed E-state index contributed by atoms with van der Waals surface area (Å²) in [5, 5.41) is 0. The van der Waals surface area contributed by atoms with Crippen LogP contribution < -0.4 is 9.64 Å². The second-order valence-electron chi connectivity index (χ2n) is 8.31. The first-order valence-corrected chi connectivity index (χ1v) is 12.2. The predicted molar refractivity (Wildman–Crippen MR) is 130 cm³/mol. The molecule has 0 spiro atoms. The van der Waals surface area contributed by atoms with Gasteiger partial charge in [-0.2, -0.15) is 0 Å². The number of hydrogen-bond acceptors (Lipinski definition) is 4. The number of hydrogen-bond donors (Lipinski definition) is 0. The minimum absolute atomic E-state index is 0.0123. The van der Waals surface area contributed by atoms with Gasteiger partial charge in [0.15, 0.2) is 6.61 Å². The lowest BCUT2D eigenvalue weighted by atomic mass is 10.0. The molecule has 0 radical (unpaired) electrons. The summed E-state index contributed by atoms with van der Waals surface area (Å²) in [6.07, 6.45) is 6.00. The van der Waals surface area contributed by atoms with Crippen molar-refractivity contribution in [3.05, 3.63) is 58.2 Å². The van der Waals surface area contributed by atoms with Gasteiger partial charge in [-0.3, -0.25) is 14.4 Å². The van der Waals surface area contributed by atoms with Crippen LogP contribution in [0.5, 0.6) is 5.75 Å². The molecule has 1 saturated carbocycles. The van der Waals surface area contributed by atoms with E-state index < -0.39 is 6.04 Å². The van der Waals surface area contributed by atoms with Crippen molar-refractivity contribution >= 4 is 46.0 Å². The van der Waals surface area contributed by atoms with Gasteiger partial charge in [-0.05, 0) is 71.8 Å². The van der Waals surface area contributed by atoms with Gasteiger partial charge < -0.3 is 9.64 Å². The third-order valence-corrected chi connectivity index (χ3v) is 6.87. The molecule has 168 valence electrons. The highest BCUT2D eigenvalue weighted by Gasteiger charge is 2.46. The zero-order valence-electron chi connectivity index (χ0n) is 17.9. The number of carbonyl (C=O) groups is 3. The lowest BCUT2D eigenvalue weighted by Gasteiger charge is -2.35. The van der Waals surface area contributed by atoms with Gasteiger partial charge in [-0.25, -0.2) is 4.90 Å². The van der Waals surface area contributed by atoms with E-state index in [1.165, 1.54) is 4.90 Å². The van der Waals surface area contributed by atoms with Crippen molar-refractivity contribution in [1.29, 1.82) is 0 Å². The number of ether oxygens (including phenoxy) is 1. The largest absolute Gasteiger partial charge is 0.484 e. The van der Waals surface area contributed by atoms with Crippen molar-refractivity contribution < 1.29 is 19.1 Å². The third-order valence-electron chi connectivity index (χ3n) is 6.16. The molecule has 32 heavy (non-hydrogen) atoms. The van der Waals surface area contributed by atoms with Crippen LogP contribution in [0.3, 0.4) is 0 Å². The van der Waals surface area contributed by atoms with E-state index in [1.54, 1.807) is 29.2 Å². The average molecular weight is 546 g/mol. The van der Waals surface area contributed by atoms with Gasteiger partial charge >= 0.3 is 0 Å². The molecule has 2 aromatic carbocycles. The summed E-state index contributed by atoms with van der Waals surface area (Å²) in [6.45, 7) is -0.151. The van der Waals surface area contributed by atoms with Crippen LogP contribution in [0.15, 0.2) is 54.6 Å². The molecule has 1 heterocycles. The standard InChI is InChI=1S/C25H27IN2O4/c26-18-12-14-20(15-13-18)28-23(29)16-22(25(28)31)27(19-8-4-1-2-5-9-19)24(30)17-32-21-10-6-3-7-11-21/h3,6-7,10-15,19,22H,1-2,4-5,8-9,16-17H2. The van der Waals surface area contributed by atoms with E-state index in [2.05, 4.69) is 22.6 Å². The first-order chi connectivity index (χ1) is 15.5. The number of benzene rings is 2. The Labute approximate surface area is 202 Å². The monoisotopic (exact) mass is 546 g/mol. The minimum Gasteiger partial charge on any atom is -0.484 e. The molecule has 1 atom stereocenters. The van der Waals surface area contributed by atoms with Crippen molar-refractivity contribution in [3.63, 3.8) is 0 Å². The van der Waals surface area contributed by atoms with Crippen LogP contribution in [0.2, 0.25) is 0 Å². The molecule has 0 bridgehead atoms. The van der Waals surface area contributed by atoms with Crippen LogP contribution in [-0.2, 0) is 14.4 Å². The Morgan fingerprint density at radius 3 is 2.28 bits per heavy atom. The molecule has 0 aromatic heterocycles. The number of anilines is 1. The lowest BCUT2D eigenvalue weighted by molar-refractivity contribution is -0.143. The average Bonchev–Trinajstić information content (AvgIpc) is 2.97. The van der Waals surface area contributed by atoms with Crippen molar-refractivity contribution in [2.75, 3.05) is 11.5 Å². The maximum atomic E-state index is 13.4. The van der Waals surface area contributed by atoms with Crippen LogP contribution in [0.25, 0.3) is 0 Å². The molecule has 1 saturated heterocycles. The summed E-state index contributed by atoms with van der Waals surface area (Å²) in [6, 6.07) is 15.6. The minimum atomic E-state index is -0.781. The molecule has 1 aliphatic heterocycles. The quantitative estimate of drug-likeness (QED) is 0.303. The molecule has 2 aromatic rings. The fourth-order valence-corrected chi connectivity index (χ4v) is 4.96. The Bertz CT molecular complexity index is 956. The molecular formula is C25H27IN2O4. The Morgan fingerprint density at radius 2 is 1.62 bits per heavy atom. The molecule has 1 aliphatic carbocycles. The van der Waals surface area contributed by atoms with Crippen molar-refractivity contribution in [2.24, 2.45) is 0 Å². The van der Waals surface area contributed by atoms with Gasteiger partial charge in [0, 0.05) is 9.61 Å². The fraction of sp³-hybridized carbons (Fsp3) is 0.400. The van der Waals surface area contributed by atoms with Gasteiger partial charge in [0.1, 0.15) is 11.8 Å². The normalized spacial score (nSPS) is 19.7. The first kappa shape index (κ1) is 22.8. The smallest absolute Gasteiger partial charge is 0.261 e. The molecule has 0 N–H and O–H groups in total. The topological polar surface area (TPSA) is 66.9 Å². The maximum absolute atomic E-state index is 13.4.